The lowest BCUT2D eigenvalue weighted by atomic mass is 9.56. The number of carbonyl (C=O) groups is 1. The highest BCUT2D eigenvalue weighted by molar-refractivity contribution is 5.72. The number of hydrogen-bond acceptors (Lipinski definition) is 2. The predicted molar refractivity (Wildman–Crippen MR) is 73.7 cm³/mol. The van der Waals surface area contributed by atoms with Crippen molar-refractivity contribution in [3.8, 4) is 0 Å². The van der Waals surface area contributed by atoms with Crippen molar-refractivity contribution in [2.45, 2.75) is 26.3 Å². The molecule has 19 heavy (non-hydrogen) atoms. The molecule has 1 aliphatic heterocycles. The topological polar surface area (TPSA) is 40.5 Å². The van der Waals surface area contributed by atoms with Crippen molar-refractivity contribution in [2.24, 2.45) is 17.3 Å². The normalized spacial score (nSPS) is 34.4. The van der Waals surface area contributed by atoms with Gasteiger partial charge >= 0.3 is 5.97 Å². The lowest BCUT2D eigenvalue weighted by Gasteiger charge is -2.48. The second-order valence-corrected chi connectivity index (χ2v) is 6.22. The third-order valence-corrected chi connectivity index (χ3v) is 5.22. The summed E-state index contributed by atoms with van der Waals surface area (Å²) in [6.07, 6.45) is 2.26. The minimum atomic E-state index is -0.609. The van der Waals surface area contributed by atoms with Crippen LogP contribution < -0.4 is 0 Å². The zero-order chi connectivity index (χ0) is 13.5. The summed E-state index contributed by atoms with van der Waals surface area (Å²) in [6.45, 7) is 4.74. The first-order valence-electron chi connectivity index (χ1n) is 7.11. The standard InChI is InChI=1S/C16H21NO2/c1-12-7-8-16(12)11-17(10-14(16)15(18)19)9-13-5-3-2-4-6-13/h2-6,12,14H,7-11H2,1H3,(H,18,19). The Kier molecular flexibility index (Phi) is 3.09. The molecule has 3 unspecified atom stereocenters. The number of carboxylic acid groups (broad SMARTS) is 1. The third-order valence-electron chi connectivity index (χ3n) is 5.22. The predicted octanol–water partition coefficient (Wildman–Crippen LogP) is 2.62. The van der Waals surface area contributed by atoms with Crippen molar-refractivity contribution in [1.29, 1.82) is 0 Å². The number of nitrogens with zero attached hydrogens (tertiary/aromatic N) is 1. The largest absolute Gasteiger partial charge is 0.481 e. The van der Waals surface area contributed by atoms with E-state index in [0.29, 0.717) is 12.5 Å². The first-order valence-corrected chi connectivity index (χ1v) is 7.11. The van der Waals surface area contributed by atoms with Crippen molar-refractivity contribution in [3.63, 3.8) is 0 Å². The van der Waals surface area contributed by atoms with Crippen LogP contribution in [0.5, 0.6) is 0 Å². The monoisotopic (exact) mass is 259 g/mol. The van der Waals surface area contributed by atoms with Gasteiger partial charge in [0.05, 0.1) is 5.92 Å². The van der Waals surface area contributed by atoms with E-state index in [1.165, 1.54) is 12.0 Å². The van der Waals surface area contributed by atoms with Crippen LogP contribution in [0.25, 0.3) is 0 Å². The minimum Gasteiger partial charge on any atom is -0.481 e. The first kappa shape index (κ1) is 12.7. The third kappa shape index (κ3) is 2.06. The van der Waals surface area contributed by atoms with Crippen LogP contribution in [0, 0.1) is 17.3 Å². The van der Waals surface area contributed by atoms with Crippen molar-refractivity contribution < 1.29 is 9.90 Å². The van der Waals surface area contributed by atoms with Gasteiger partial charge in [-0.15, -0.1) is 0 Å². The van der Waals surface area contributed by atoms with Gasteiger partial charge in [-0.05, 0) is 24.3 Å². The molecule has 2 fully saturated rings. The van der Waals surface area contributed by atoms with Crippen molar-refractivity contribution in [1.82, 2.24) is 4.90 Å². The van der Waals surface area contributed by atoms with E-state index in [0.717, 1.165) is 19.5 Å². The highest BCUT2D eigenvalue weighted by Crippen LogP contribution is 2.55. The molecule has 3 atom stereocenters. The van der Waals surface area contributed by atoms with Gasteiger partial charge in [-0.2, -0.15) is 0 Å². The molecule has 3 rings (SSSR count). The minimum absolute atomic E-state index is 0.0423. The van der Waals surface area contributed by atoms with Gasteiger partial charge < -0.3 is 5.11 Å². The second-order valence-electron chi connectivity index (χ2n) is 6.22. The highest BCUT2D eigenvalue weighted by atomic mass is 16.4. The number of carboxylic acids is 1. The fourth-order valence-electron chi connectivity index (χ4n) is 3.87. The summed E-state index contributed by atoms with van der Waals surface area (Å²) < 4.78 is 0. The van der Waals surface area contributed by atoms with Crippen LogP contribution in [0.3, 0.4) is 0 Å². The number of likely N-dealkylation sites (tertiary alicyclic amines) is 1. The highest BCUT2D eigenvalue weighted by Gasteiger charge is 2.57. The van der Waals surface area contributed by atoms with E-state index < -0.39 is 5.97 Å². The summed E-state index contributed by atoms with van der Waals surface area (Å²) in [5.41, 5.74) is 1.32. The fourth-order valence-corrected chi connectivity index (χ4v) is 3.87. The Balaban J connectivity index is 1.75. The molecule has 3 heteroatoms. The van der Waals surface area contributed by atoms with Gasteiger partial charge in [0.1, 0.15) is 0 Å². The molecule has 1 saturated heterocycles. The zero-order valence-electron chi connectivity index (χ0n) is 11.4. The molecule has 1 saturated carbocycles. The molecule has 1 aromatic rings. The summed E-state index contributed by atoms with van der Waals surface area (Å²) in [5.74, 6) is -0.239. The van der Waals surface area contributed by atoms with Crippen LogP contribution in [0.4, 0.5) is 0 Å². The average molecular weight is 259 g/mol. The average Bonchev–Trinajstić information content (AvgIpc) is 2.80. The van der Waals surface area contributed by atoms with Crippen LogP contribution in [0.2, 0.25) is 0 Å². The van der Waals surface area contributed by atoms with E-state index in [2.05, 4.69) is 24.0 Å². The maximum absolute atomic E-state index is 11.5. The van der Waals surface area contributed by atoms with Crippen LogP contribution in [-0.2, 0) is 11.3 Å². The molecule has 0 bridgehead atoms. The molecule has 0 aromatic heterocycles. The van der Waals surface area contributed by atoms with E-state index in [1.807, 2.05) is 18.2 Å². The van der Waals surface area contributed by atoms with Crippen LogP contribution in [0.1, 0.15) is 25.3 Å². The lowest BCUT2D eigenvalue weighted by molar-refractivity contribution is -0.149. The van der Waals surface area contributed by atoms with E-state index in [1.54, 1.807) is 0 Å². The number of hydrogen-bond donors (Lipinski definition) is 1. The van der Waals surface area contributed by atoms with Gasteiger partial charge in [-0.25, -0.2) is 0 Å². The maximum atomic E-state index is 11.5. The van der Waals surface area contributed by atoms with E-state index in [-0.39, 0.29) is 11.3 Å². The molecule has 0 radical (unpaired) electrons. The Morgan fingerprint density at radius 2 is 2.16 bits per heavy atom. The number of aliphatic carboxylic acids is 1. The Morgan fingerprint density at radius 1 is 1.42 bits per heavy atom. The van der Waals surface area contributed by atoms with Gasteiger partial charge in [0.2, 0.25) is 0 Å². The summed E-state index contributed by atoms with van der Waals surface area (Å²) in [5, 5.41) is 9.49. The van der Waals surface area contributed by atoms with Crippen LogP contribution in [0.15, 0.2) is 30.3 Å². The number of benzene rings is 1. The molecule has 2 aliphatic rings. The second kappa shape index (κ2) is 4.64. The Morgan fingerprint density at radius 3 is 2.63 bits per heavy atom. The molecular formula is C16H21NO2. The maximum Gasteiger partial charge on any atom is 0.308 e. The van der Waals surface area contributed by atoms with Gasteiger partial charge in [-0.1, -0.05) is 37.3 Å². The van der Waals surface area contributed by atoms with Gasteiger partial charge in [-0.3, -0.25) is 9.69 Å². The van der Waals surface area contributed by atoms with Crippen molar-refractivity contribution in [3.05, 3.63) is 35.9 Å². The summed E-state index contributed by atoms with van der Waals surface area (Å²) in [4.78, 5) is 13.9. The van der Waals surface area contributed by atoms with E-state index >= 15 is 0 Å². The van der Waals surface area contributed by atoms with Crippen LogP contribution >= 0.6 is 0 Å². The molecule has 0 amide bonds. The van der Waals surface area contributed by atoms with Gasteiger partial charge in [0.25, 0.3) is 0 Å². The van der Waals surface area contributed by atoms with Crippen molar-refractivity contribution >= 4 is 5.97 Å². The van der Waals surface area contributed by atoms with Crippen LogP contribution in [-0.4, -0.2) is 29.1 Å². The summed E-state index contributed by atoms with van der Waals surface area (Å²) in [6, 6.07) is 10.3. The lowest BCUT2D eigenvalue weighted by Crippen LogP contribution is -2.47. The Labute approximate surface area is 114 Å². The molecule has 3 nitrogen and oxygen atoms in total. The molecule has 1 heterocycles. The molecular weight excluding hydrogens is 238 g/mol. The first-order chi connectivity index (χ1) is 9.12. The van der Waals surface area contributed by atoms with E-state index in [4.69, 9.17) is 0 Å². The number of rotatable bonds is 3. The van der Waals surface area contributed by atoms with Gasteiger partial charge in [0.15, 0.2) is 0 Å². The molecule has 1 aromatic carbocycles. The SMILES string of the molecule is CC1CCC12CN(Cc1ccccc1)CC2C(=O)O. The fraction of sp³-hybridized carbons (Fsp3) is 0.562. The Hall–Kier alpha value is -1.35. The summed E-state index contributed by atoms with van der Waals surface area (Å²) in [7, 11) is 0. The summed E-state index contributed by atoms with van der Waals surface area (Å²) >= 11 is 0. The van der Waals surface area contributed by atoms with Crippen molar-refractivity contribution in [2.75, 3.05) is 13.1 Å². The quantitative estimate of drug-likeness (QED) is 0.907. The van der Waals surface area contributed by atoms with Gasteiger partial charge in [0, 0.05) is 25.0 Å². The molecule has 1 aliphatic carbocycles. The molecule has 1 spiro atoms. The Bertz CT molecular complexity index is 473. The molecule has 1 N–H and O–H groups in total. The molecule has 102 valence electrons. The smallest absolute Gasteiger partial charge is 0.308 e. The van der Waals surface area contributed by atoms with E-state index in [9.17, 15) is 9.90 Å². The zero-order valence-corrected chi connectivity index (χ0v) is 11.4.